The Morgan fingerprint density at radius 1 is 0.927 bits per heavy atom. The second kappa shape index (κ2) is 14.7. The lowest BCUT2D eigenvalue weighted by Crippen LogP contribution is -2.53. The quantitative estimate of drug-likeness (QED) is 0.297. The van der Waals surface area contributed by atoms with E-state index >= 15 is 0 Å². The summed E-state index contributed by atoms with van der Waals surface area (Å²) in [5, 5.41) is 2.94. The van der Waals surface area contributed by atoms with E-state index in [1.807, 2.05) is 67.6 Å². The number of rotatable bonds is 14. The van der Waals surface area contributed by atoms with Crippen LogP contribution < -0.4 is 14.4 Å². The number of benzene rings is 3. The van der Waals surface area contributed by atoms with Crippen molar-refractivity contribution in [2.24, 2.45) is 0 Å². The molecule has 9 heteroatoms. The van der Waals surface area contributed by atoms with Crippen LogP contribution in [0.5, 0.6) is 5.75 Å². The van der Waals surface area contributed by atoms with Crippen LogP contribution in [0.1, 0.15) is 49.8 Å². The topological polar surface area (TPSA) is 96.0 Å². The minimum Gasteiger partial charge on any atom is -0.497 e. The Morgan fingerprint density at radius 3 is 2.17 bits per heavy atom. The molecule has 8 nitrogen and oxygen atoms in total. The first kappa shape index (κ1) is 31.7. The second-order valence-electron chi connectivity index (χ2n) is 10.4. The first-order valence-corrected chi connectivity index (χ1v) is 15.7. The fraction of sp³-hybridized carbons (Fsp3) is 0.375. The summed E-state index contributed by atoms with van der Waals surface area (Å²) in [5.74, 6) is 0.113. The van der Waals surface area contributed by atoms with E-state index in [1.54, 1.807) is 25.3 Å². The zero-order valence-corrected chi connectivity index (χ0v) is 25.4. The predicted molar refractivity (Wildman–Crippen MR) is 163 cm³/mol. The van der Waals surface area contributed by atoms with Gasteiger partial charge in [-0.25, -0.2) is 8.42 Å². The SMILES string of the molecule is CCCNC(=O)C(Cc1ccccc1)N(Cc1cccc(OC)c1)C(=O)CN(c1ccc(C(C)C)cc1)S(C)(=O)=O. The predicted octanol–water partition coefficient (Wildman–Crippen LogP) is 4.75. The molecule has 0 aliphatic carbocycles. The van der Waals surface area contributed by atoms with Crippen LogP contribution in [-0.4, -0.2) is 57.6 Å². The summed E-state index contributed by atoms with van der Waals surface area (Å²) >= 11 is 0. The minimum atomic E-state index is -3.82. The van der Waals surface area contributed by atoms with E-state index in [9.17, 15) is 18.0 Å². The maximum absolute atomic E-state index is 14.1. The molecule has 0 aliphatic heterocycles. The number of carbonyl (C=O) groups excluding carboxylic acids is 2. The van der Waals surface area contributed by atoms with Gasteiger partial charge in [0.2, 0.25) is 21.8 Å². The minimum absolute atomic E-state index is 0.0942. The van der Waals surface area contributed by atoms with E-state index in [1.165, 1.54) is 4.90 Å². The van der Waals surface area contributed by atoms with E-state index < -0.39 is 28.5 Å². The first-order chi connectivity index (χ1) is 19.5. The molecule has 3 aromatic carbocycles. The normalized spacial score (nSPS) is 12.0. The number of nitrogens with zero attached hydrogens (tertiary/aromatic N) is 2. The lowest BCUT2D eigenvalue weighted by Gasteiger charge is -2.33. The highest BCUT2D eigenvalue weighted by Crippen LogP contribution is 2.24. The molecular weight excluding hydrogens is 538 g/mol. The Kier molecular flexibility index (Phi) is 11.3. The average molecular weight is 580 g/mol. The Morgan fingerprint density at radius 2 is 1.59 bits per heavy atom. The van der Waals surface area contributed by atoms with Crippen molar-refractivity contribution in [3.63, 3.8) is 0 Å². The highest BCUT2D eigenvalue weighted by Gasteiger charge is 2.33. The summed E-state index contributed by atoms with van der Waals surface area (Å²) in [7, 11) is -2.25. The van der Waals surface area contributed by atoms with E-state index in [-0.39, 0.29) is 24.8 Å². The van der Waals surface area contributed by atoms with Gasteiger partial charge in [0.1, 0.15) is 18.3 Å². The van der Waals surface area contributed by atoms with Crippen molar-refractivity contribution in [2.45, 2.75) is 52.1 Å². The summed E-state index contributed by atoms with van der Waals surface area (Å²) < 4.78 is 32.4. The summed E-state index contributed by atoms with van der Waals surface area (Å²) in [4.78, 5) is 29.2. The van der Waals surface area contributed by atoms with Crippen LogP contribution in [-0.2, 0) is 32.6 Å². The largest absolute Gasteiger partial charge is 0.497 e. The second-order valence-corrected chi connectivity index (χ2v) is 12.3. The number of carbonyl (C=O) groups is 2. The van der Waals surface area contributed by atoms with Crippen molar-refractivity contribution in [1.29, 1.82) is 0 Å². The molecule has 0 bridgehead atoms. The lowest BCUT2D eigenvalue weighted by molar-refractivity contribution is -0.140. The molecule has 3 aromatic rings. The number of nitrogens with one attached hydrogen (secondary N) is 1. The molecule has 41 heavy (non-hydrogen) atoms. The molecular formula is C32H41N3O5S. The van der Waals surface area contributed by atoms with Gasteiger partial charge in [-0.15, -0.1) is 0 Å². The van der Waals surface area contributed by atoms with Gasteiger partial charge < -0.3 is 15.0 Å². The van der Waals surface area contributed by atoms with Crippen LogP contribution in [0.2, 0.25) is 0 Å². The highest BCUT2D eigenvalue weighted by atomic mass is 32.2. The van der Waals surface area contributed by atoms with E-state index in [4.69, 9.17) is 4.74 Å². The summed E-state index contributed by atoms with van der Waals surface area (Å²) in [5.41, 5.74) is 3.09. The summed E-state index contributed by atoms with van der Waals surface area (Å²) in [6.07, 6.45) is 2.09. The van der Waals surface area contributed by atoms with Crippen molar-refractivity contribution in [1.82, 2.24) is 10.2 Å². The van der Waals surface area contributed by atoms with Gasteiger partial charge in [-0.2, -0.15) is 0 Å². The van der Waals surface area contributed by atoms with Crippen LogP contribution in [0.15, 0.2) is 78.9 Å². The van der Waals surface area contributed by atoms with E-state index in [2.05, 4.69) is 19.2 Å². The Labute approximate surface area is 244 Å². The summed E-state index contributed by atoms with van der Waals surface area (Å²) in [6.45, 7) is 6.18. The first-order valence-electron chi connectivity index (χ1n) is 13.8. The highest BCUT2D eigenvalue weighted by molar-refractivity contribution is 7.92. The third kappa shape index (κ3) is 9.08. The maximum atomic E-state index is 14.1. The van der Waals surface area contributed by atoms with Crippen molar-refractivity contribution in [3.8, 4) is 5.75 Å². The zero-order valence-electron chi connectivity index (χ0n) is 24.5. The van der Waals surface area contributed by atoms with Crippen molar-refractivity contribution in [3.05, 3.63) is 95.6 Å². The van der Waals surface area contributed by atoms with Crippen LogP contribution in [0.25, 0.3) is 0 Å². The number of anilines is 1. The lowest BCUT2D eigenvalue weighted by atomic mass is 10.0. The molecule has 0 spiro atoms. The van der Waals surface area contributed by atoms with E-state index in [0.717, 1.165) is 33.7 Å². The molecule has 0 heterocycles. The molecule has 3 rings (SSSR count). The van der Waals surface area contributed by atoms with Crippen LogP contribution in [0.3, 0.4) is 0 Å². The van der Waals surface area contributed by atoms with Crippen LogP contribution in [0.4, 0.5) is 5.69 Å². The number of methoxy groups -OCH3 is 1. The molecule has 220 valence electrons. The van der Waals surface area contributed by atoms with Crippen LogP contribution in [0, 0.1) is 0 Å². The molecule has 0 saturated heterocycles. The maximum Gasteiger partial charge on any atom is 0.244 e. The number of ether oxygens (including phenoxy) is 1. The standard InChI is InChI=1S/C32H41N3O5S/c1-6-19-33-32(37)30(21-25-11-8-7-9-12-25)34(22-26-13-10-14-29(20-26)40-4)31(36)23-35(41(5,38)39)28-17-15-27(16-18-28)24(2)3/h7-18,20,24,30H,6,19,21-23H2,1-5H3,(H,33,37). The van der Waals surface area contributed by atoms with Gasteiger partial charge in [0.15, 0.2) is 0 Å². The Bertz CT molecular complexity index is 1390. The van der Waals surface area contributed by atoms with Gasteiger partial charge in [0, 0.05) is 19.5 Å². The Balaban J connectivity index is 2.04. The van der Waals surface area contributed by atoms with Gasteiger partial charge in [-0.3, -0.25) is 13.9 Å². The Hall–Kier alpha value is -3.85. The third-order valence-electron chi connectivity index (χ3n) is 6.83. The number of sulfonamides is 1. The van der Waals surface area contributed by atoms with Crippen LogP contribution >= 0.6 is 0 Å². The monoisotopic (exact) mass is 579 g/mol. The molecule has 0 aliphatic rings. The fourth-order valence-electron chi connectivity index (χ4n) is 4.53. The molecule has 1 unspecified atom stereocenters. The number of hydrogen-bond acceptors (Lipinski definition) is 5. The van der Waals surface area contributed by atoms with Gasteiger partial charge in [0.05, 0.1) is 19.1 Å². The molecule has 2 amide bonds. The molecule has 1 atom stereocenters. The van der Waals surface area contributed by atoms with Crippen molar-refractivity contribution >= 4 is 27.5 Å². The number of amides is 2. The van der Waals surface area contributed by atoms with Gasteiger partial charge in [0.25, 0.3) is 0 Å². The van der Waals surface area contributed by atoms with E-state index in [0.29, 0.717) is 18.0 Å². The van der Waals surface area contributed by atoms with Gasteiger partial charge >= 0.3 is 0 Å². The third-order valence-corrected chi connectivity index (χ3v) is 7.97. The molecule has 0 saturated carbocycles. The molecule has 1 N–H and O–H groups in total. The number of hydrogen-bond donors (Lipinski definition) is 1. The van der Waals surface area contributed by atoms with Crippen molar-refractivity contribution in [2.75, 3.05) is 30.8 Å². The smallest absolute Gasteiger partial charge is 0.244 e. The zero-order chi connectivity index (χ0) is 30.0. The fourth-order valence-corrected chi connectivity index (χ4v) is 5.38. The molecule has 0 aromatic heterocycles. The van der Waals surface area contributed by atoms with Gasteiger partial charge in [-0.05, 0) is 53.3 Å². The van der Waals surface area contributed by atoms with Crippen molar-refractivity contribution < 1.29 is 22.7 Å². The molecule has 0 fully saturated rings. The summed E-state index contributed by atoms with van der Waals surface area (Å²) in [6, 6.07) is 23.1. The molecule has 0 radical (unpaired) electrons. The van der Waals surface area contributed by atoms with Gasteiger partial charge in [-0.1, -0.05) is 75.4 Å². The average Bonchev–Trinajstić information content (AvgIpc) is 2.96.